The number of nitriles is 1. The van der Waals surface area contributed by atoms with Crippen molar-refractivity contribution in [3.05, 3.63) is 59.7 Å². The van der Waals surface area contributed by atoms with Crippen LogP contribution in [-0.4, -0.2) is 26.8 Å². The molecule has 0 aliphatic rings. The van der Waals surface area contributed by atoms with Gasteiger partial charge in [-0.25, -0.2) is 13.6 Å². The highest BCUT2D eigenvalue weighted by Crippen LogP contribution is 2.16. The van der Waals surface area contributed by atoms with Gasteiger partial charge in [0.05, 0.1) is 10.5 Å². The summed E-state index contributed by atoms with van der Waals surface area (Å²) in [7, 11) is -3.85. The van der Waals surface area contributed by atoms with Crippen molar-refractivity contribution in [2.45, 2.75) is 4.90 Å². The number of hydrazine groups is 1. The Morgan fingerprint density at radius 2 is 1.73 bits per heavy atom. The zero-order chi connectivity index (χ0) is 19.2. The van der Waals surface area contributed by atoms with Gasteiger partial charge in [-0.1, -0.05) is 12.1 Å². The van der Waals surface area contributed by atoms with E-state index < -0.39 is 28.4 Å². The third-order valence-corrected chi connectivity index (χ3v) is 4.06. The molecule has 0 saturated heterocycles. The van der Waals surface area contributed by atoms with Crippen molar-refractivity contribution >= 4 is 21.8 Å². The summed E-state index contributed by atoms with van der Waals surface area (Å²) in [6.07, 6.45) is 0. The molecule has 0 unspecified atom stereocenters. The summed E-state index contributed by atoms with van der Waals surface area (Å²) in [4.78, 5) is 23.5. The van der Waals surface area contributed by atoms with E-state index in [-0.39, 0.29) is 21.8 Å². The van der Waals surface area contributed by atoms with E-state index in [1.54, 1.807) is 18.2 Å². The molecule has 0 heterocycles. The molecule has 0 aliphatic heterocycles. The normalized spacial score (nSPS) is 10.5. The highest BCUT2D eigenvalue weighted by atomic mass is 32.2. The molecule has 2 aromatic rings. The fraction of sp³-hybridized carbons (Fsp3) is 0.0625. The molecular weight excluding hydrogens is 360 g/mol. The standard InChI is InChI=1S/C16H14N4O5S/c17-9-12-3-1-2-4-14(12)25-10-15(21)19-20-16(22)11-5-7-13(8-6-11)26(18,23)24/h1-8H,10H2,(H,19,21)(H,20,22)(H2,18,23,24). The molecule has 2 aromatic carbocycles. The maximum Gasteiger partial charge on any atom is 0.276 e. The van der Waals surface area contributed by atoms with Crippen molar-refractivity contribution in [2.75, 3.05) is 6.61 Å². The molecule has 0 atom stereocenters. The summed E-state index contributed by atoms with van der Waals surface area (Å²) in [5.74, 6) is -1.06. The summed E-state index contributed by atoms with van der Waals surface area (Å²) >= 11 is 0. The Kier molecular flexibility index (Phi) is 5.90. The second-order valence-electron chi connectivity index (χ2n) is 4.97. The first-order valence-electron chi connectivity index (χ1n) is 7.15. The summed E-state index contributed by atoms with van der Waals surface area (Å²) in [5, 5.41) is 13.9. The molecule has 26 heavy (non-hydrogen) atoms. The van der Waals surface area contributed by atoms with E-state index in [4.69, 9.17) is 15.1 Å². The van der Waals surface area contributed by atoms with Gasteiger partial charge in [-0.05, 0) is 36.4 Å². The van der Waals surface area contributed by atoms with E-state index in [0.29, 0.717) is 0 Å². The minimum atomic E-state index is -3.85. The van der Waals surface area contributed by atoms with Gasteiger partial charge in [0.25, 0.3) is 11.8 Å². The maximum atomic E-state index is 11.9. The first-order chi connectivity index (χ1) is 12.3. The van der Waals surface area contributed by atoms with Crippen molar-refractivity contribution in [1.82, 2.24) is 10.9 Å². The molecule has 0 bridgehead atoms. The molecule has 0 saturated carbocycles. The highest BCUT2D eigenvalue weighted by molar-refractivity contribution is 7.89. The van der Waals surface area contributed by atoms with E-state index in [2.05, 4.69) is 10.9 Å². The zero-order valence-electron chi connectivity index (χ0n) is 13.3. The summed E-state index contributed by atoms with van der Waals surface area (Å²) in [6, 6.07) is 13.2. The van der Waals surface area contributed by atoms with E-state index in [0.717, 1.165) is 0 Å². The van der Waals surface area contributed by atoms with Crippen molar-refractivity contribution in [1.29, 1.82) is 5.26 Å². The van der Waals surface area contributed by atoms with Gasteiger partial charge < -0.3 is 4.74 Å². The SMILES string of the molecule is N#Cc1ccccc1OCC(=O)NNC(=O)c1ccc(S(N)(=O)=O)cc1. The van der Waals surface area contributed by atoms with Crippen LogP contribution >= 0.6 is 0 Å². The number of sulfonamides is 1. The molecule has 134 valence electrons. The van der Waals surface area contributed by atoms with E-state index >= 15 is 0 Å². The molecule has 9 nitrogen and oxygen atoms in total. The number of nitrogens with zero attached hydrogens (tertiary/aromatic N) is 1. The van der Waals surface area contributed by atoms with Crippen LogP contribution in [0.25, 0.3) is 0 Å². The van der Waals surface area contributed by atoms with Crippen LogP contribution in [0.3, 0.4) is 0 Å². The first-order valence-corrected chi connectivity index (χ1v) is 8.70. The molecular formula is C16H14N4O5S. The lowest BCUT2D eigenvalue weighted by molar-refractivity contribution is -0.123. The van der Waals surface area contributed by atoms with Crippen molar-refractivity contribution < 1.29 is 22.7 Å². The summed E-state index contributed by atoms with van der Waals surface area (Å²) < 4.78 is 27.5. The largest absolute Gasteiger partial charge is 0.482 e. The molecule has 2 rings (SSSR count). The smallest absolute Gasteiger partial charge is 0.276 e. The lowest BCUT2D eigenvalue weighted by atomic mass is 10.2. The fourth-order valence-electron chi connectivity index (χ4n) is 1.86. The number of benzene rings is 2. The highest BCUT2D eigenvalue weighted by Gasteiger charge is 2.11. The molecule has 4 N–H and O–H groups in total. The summed E-state index contributed by atoms with van der Waals surface area (Å²) in [5.41, 5.74) is 4.70. The molecule has 0 radical (unpaired) electrons. The molecule has 2 amide bonds. The maximum absolute atomic E-state index is 11.9. The van der Waals surface area contributed by atoms with E-state index in [1.807, 2.05) is 6.07 Å². The fourth-order valence-corrected chi connectivity index (χ4v) is 2.37. The Balaban J connectivity index is 1.87. The predicted octanol–water partition coefficient (Wildman–Crippen LogP) is 0.0457. The quantitative estimate of drug-likeness (QED) is 0.629. The van der Waals surface area contributed by atoms with Crippen LogP contribution in [0.4, 0.5) is 0 Å². The Morgan fingerprint density at radius 1 is 1.08 bits per heavy atom. The zero-order valence-corrected chi connectivity index (χ0v) is 14.1. The van der Waals surface area contributed by atoms with Gasteiger partial charge in [-0.15, -0.1) is 0 Å². The van der Waals surface area contributed by atoms with Crippen molar-refractivity contribution in [3.63, 3.8) is 0 Å². The van der Waals surface area contributed by atoms with Gasteiger partial charge in [0, 0.05) is 5.56 Å². The predicted molar refractivity (Wildman–Crippen MR) is 90.1 cm³/mol. The molecule has 0 aliphatic carbocycles. The number of hydrogen-bond donors (Lipinski definition) is 3. The van der Waals surface area contributed by atoms with E-state index in [1.165, 1.54) is 30.3 Å². The van der Waals surface area contributed by atoms with Crippen LogP contribution in [0.5, 0.6) is 5.75 Å². The molecule has 0 spiro atoms. The van der Waals surface area contributed by atoms with Crippen LogP contribution in [0.15, 0.2) is 53.4 Å². The third-order valence-electron chi connectivity index (χ3n) is 3.13. The Labute approximate surface area is 149 Å². The number of nitrogens with two attached hydrogens (primary N) is 1. The lowest BCUT2D eigenvalue weighted by Gasteiger charge is -2.09. The number of nitrogens with one attached hydrogen (secondary N) is 2. The number of para-hydroxylation sites is 1. The first kappa shape index (κ1) is 18.9. The Hall–Kier alpha value is -3.42. The third kappa shape index (κ3) is 5.04. The minimum absolute atomic E-state index is 0.119. The van der Waals surface area contributed by atoms with Crippen molar-refractivity contribution in [2.24, 2.45) is 5.14 Å². The molecule has 0 fully saturated rings. The Morgan fingerprint density at radius 3 is 2.35 bits per heavy atom. The van der Waals surface area contributed by atoms with Crippen LogP contribution in [-0.2, 0) is 14.8 Å². The van der Waals surface area contributed by atoms with Crippen LogP contribution in [0.2, 0.25) is 0 Å². The topological polar surface area (TPSA) is 151 Å². The van der Waals surface area contributed by atoms with Gasteiger partial charge in [-0.2, -0.15) is 5.26 Å². The second kappa shape index (κ2) is 8.11. The van der Waals surface area contributed by atoms with Gasteiger partial charge in [0.2, 0.25) is 10.0 Å². The van der Waals surface area contributed by atoms with Gasteiger partial charge >= 0.3 is 0 Å². The minimum Gasteiger partial charge on any atom is -0.482 e. The van der Waals surface area contributed by atoms with Crippen LogP contribution in [0.1, 0.15) is 15.9 Å². The number of primary sulfonamides is 1. The van der Waals surface area contributed by atoms with E-state index in [9.17, 15) is 18.0 Å². The lowest BCUT2D eigenvalue weighted by Crippen LogP contribution is -2.43. The van der Waals surface area contributed by atoms with Crippen LogP contribution < -0.4 is 20.7 Å². The molecule has 10 heteroatoms. The number of rotatable bonds is 5. The number of carbonyl (C=O) groups is 2. The van der Waals surface area contributed by atoms with Crippen LogP contribution in [0, 0.1) is 11.3 Å². The average Bonchev–Trinajstić information content (AvgIpc) is 2.64. The summed E-state index contributed by atoms with van der Waals surface area (Å²) in [6.45, 7) is -0.413. The van der Waals surface area contributed by atoms with Gasteiger partial charge in [-0.3, -0.25) is 20.4 Å². The number of carbonyl (C=O) groups excluding carboxylic acids is 2. The molecule has 0 aromatic heterocycles. The monoisotopic (exact) mass is 374 g/mol. The average molecular weight is 374 g/mol. The Bertz CT molecular complexity index is 965. The number of ether oxygens (including phenoxy) is 1. The number of hydrogen-bond acceptors (Lipinski definition) is 6. The van der Waals surface area contributed by atoms with Crippen molar-refractivity contribution in [3.8, 4) is 11.8 Å². The second-order valence-corrected chi connectivity index (χ2v) is 6.53. The van der Waals surface area contributed by atoms with Gasteiger partial charge in [0.1, 0.15) is 11.8 Å². The van der Waals surface area contributed by atoms with Gasteiger partial charge in [0.15, 0.2) is 6.61 Å². The number of amides is 2.